The average Bonchev–Trinajstić information content (AvgIpc) is 3.30. The van der Waals surface area contributed by atoms with Crippen molar-refractivity contribution in [3.63, 3.8) is 0 Å². The highest BCUT2D eigenvalue weighted by Crippen LogP contribution is 2.30. The fraction of sp³-hybridized carbons (Fsp3) is 0.0952. The van der Waals surface area contributed by atoms with E-state index in [4.69, 9.17) is 9.84 Å². The number of para-hydroxylation sites is 1. The molecule has 0 N–H and O–H groups in total. The van der Waals surface area contributed by atoms with E-state index < -0.39 is 0 Å². The van der Waals surface area contributed by atoms with Crippen LogP contribution in [0.2, 0.25) is 0 Å². The van der Waals surface area contributed by atoms with Crippen LogP contribution in [-0.4, -0.2) is 31.7 Å². The molecule has 0 unspecified atom stereocenters. The number of ether oxygens (including phenoxy) is 1. The Kier molecular flexibility index (Phi) is 3.43. The molecule has 0 radical (unpaired) electrons. The average molecular weight is 355 g/mol. The summed E-state index contributed by atoms with van der Waals surface area (Å²) in [5, 5.41) is 11.3. The van der Waals surface area contributed by atoms with Crippen molar-refractivity contribution in [1.29, 1.82) is 0 Å². The molecule has 0 amide bonds. The van der Waals surface area contributed by atoms with Crippen LogP contribution < -0.4 is 4.74 Å². The summed E-state index contributed by atoms with van der Waals surface area (Å²) in [7, 11) is 1.66. The minimum atomic E-state index is 0.815. The first-order chi connectivity index (χ1) is 13.3. The smallest absolute Gasteiger partial charge is 0.165 e. The second kappa shape index (κ2) is 5.95. The number of nitrogens with zero attached hydrogens (tertiary/aromatic N) is 5. The Labute approximate surface area is 155 Å². The normalized spacial score (nSPS) is 11.3. The number of aromatic nitrogens is 5. The molecule has 132 valence electrons. The quantitative estimate of drug-likeness (QED) is 0.489. The number of aryl methyl sites for hydroxylation is 1. The lowest BCUT2D eigenvalue weighted by atomic mass is 10.2. The maximum Gasteiger partial charge on any atom is 0.165 e. The van der Waals surface area contributed by atoms with Crippen LogP contribution in [0.5, 0.6) is 5.75 Å². The minimum Gasteiger partial charge on any atom is -0.497 e. The van der Waals surface area contributed by atoms with Gasteiger partial charge in [0.1, 0.15) is 5.75 Å². The van der Waals surface area contributed by atoms with Gasteiger partial charge in [-0.25, -0.2) is 14.3 Å². The van der Waals surface area contributed by atoms with Gasteiger partial charge in [-0.05, 0) is 43.3 Å². The molecule has 3 heterocycles. The van der Waals surface area contributed by atoms with Crippen molar-refractivity contribution in [3.8, 4) is 17.1 Å². The summed E-state index contributed by atoms with van der Waals surface area (Å²) in [6.07, 6.45) is 3.69. The summed E-state index contributed by atoms with van der Waals surface area (Å²) < 4.78 is 9.08. The summed E-state index contributed by atoms with van der Waals surface area (Å²) in [6, 6.07) is 17.9. The number of hydrogen-bond acceptors (Lipinski definition) is 4. The van der Waals surface area contributed by atoms with Crippen LogP contribution in [0.25, 0.3) is 33.3 Å². The van der Waals surface area contributed by atoms with Gasteiger partial charge in [-0.2, -0.15) is 10.2 Å². The second-order valence-corrected chi connectivity index (χ2v) is 6.35. The molecule has 0 aliphatic carbocycles. The molecule has 6 heteroatoms. The van der Waals surface area contributed by atoms with Crippen LogP contribution in [-0.2, 0) is 0 Å². The molecule has 0 spiro atoms. The Hall–Kier alpha value is -3.67. The Balaban J connectivity index is 1.80. The van der Waals surface area contributed by atoms with E-state index in [9.17, 15) is 0 Å². The van der Waals surface area contributed by atoms with Crippen molar-refractivity contribution in [3.05, 3.63) is 72.7 Å². The van der Waals surface area contributed by atoms with Crippen LogP contribution in [0, 0.1) is 6.92 Å². The van der Waals surface area contributed by atoms with Gasteiger partial charge in [0.15, 0.2) is 5.65 Å². The minimum absolute atomic E-state index is 0.815. The summed E-state index contributed by atoms with van der Waals surface area (Å²) in [5.41, 5.74) is 4.69. The summed E-state index contributed by atoms with van der Waals surface area (Å²) in [4.78, 5) is 4.67. The van der Waals surface area contributed by atoms with E-state index in [2.05, 4.69) is 10.1 Å². The summed E-state index contributed by atoms with van der Waals surface area (Å²) in [5.74, 6) is 0.815. The summed E-state index contributed by atoms with van der Waals surface area (Å²) >= 11 is 0. The molecule has 0 aliphatic heterocycles. The molecule has 27 heavy (non-hydrogen) atoms. The van der Waals surface area contributed by atoms with Crippen LogP contribution in [0.1, 0.15) is 5.69 Å². The Morgan fingerprint density at radius 1 is 0.852 bits per heavy atom. The maximum absolute atomic E-state index is 5.26. The Bertz CT molecular complexity index is 1250. The molecule has 0 aliphatic rings. The lowest BCUT2D eigenvalue weighted by Crippen LogP contribution is -1.98. The monoisotopic (exact) mass is 355 g/mol. The van der Waals surface area contributed by atoms with Gasteiger partial charge in [0.05, 0.1) is 41.3 Å². The van der Waals surface area contributed by atoms with E-state index >= 15 is 0 Å². The van der Waals surface area contributed by atoms with Crippen molar-refractivity contribution in [1.82, 2.24) is 24.5 Å². The molecule has 6 nitrogen and oxygen atoms in total. The zero-order chi connectivity index (χ0) is 18.4. The Morgan fingerprint density at radius 3 is 2.33 bits per heavy atom. The van der Waals surface area contributed by atoms with Gasteiger partial charge in [0, 0.05) is 11.6 Å². The standard InChI is InChI=1S/C21H17N5O/c1-14-19-20-15(13-23-25(20)17-8-10-18(27-2)11-9-17)12-22-21(19)26(24-14)16-6-4-3-5-7-16/h3-13H,1-2H3. The Morgan fingerprint density at radius 2 is 1.59 bits per heavy atom. The maximum atomic E-state index is 5.26. The van der Waals surface area contributed by atoms with Gasteiger partial charge < -0.3 is 4.74 Å². The molecule has 0 bridgehead atoms. The molecule has 3 aromatic heterocycles. The van der Waals surface area contributed by atoms with Crippen molar-refractivity contribution in [2.24, 2.45) is 0 Å². The van der Waals surface area contributed by atoms with Crippen LogP contribution in [0.4, 0.5) is 0 Å². The highest BCUT2D eigenvalue weighted by Gasteiger charge is 2.17. The molecule has 5 rings (SSSR count). The third kappa shape index (κ3) is 2.38. The molecular formula is C21H17N5O. The lowest BCUT2D eigenvalue weighted by molar-refractivity contribution is 0.414. The zero-order valence-electron chi connectivity index (χ0n) is 15.0. The van der Waals surface area contributed by atoms with E-state index in [0.29, 0.717) is 0 Å². The molecule has 0 atom stereocenters. The van der Waals surface area contributed by atoms with Gasteiger partial charge in [0.2, 0.25) is 0 Å². The molecule has 2 aromatic carbocycles. The number of pyridine rings is 1. The molecule has 0 saturated heterocycles. The first-order valence-corrected chi connectivity index (χ1v) is 8.68. The first kappa shape index (κ1) is 15.6. The van der Waals surface area contributed by atoms with E-state index in [1.165, 1.54) is 0 Å². The largest absolute Gasteiger partial charge is 0.497 e. The van der Waals surface area contributed by atoms with Crippen molar-refractivity contribution >= 4 is 21.9 Å². The van der Waals surface area contributed by atoms with Crippen molar-refractivity contribution < 1.29 is 4.74 Å². The van der Waals surface area contributed by atoms with Gasteiger partial charge in [0.25, 0.3) is 0 Å². The predicted octanol–water partition coefficient (Wildman–Crippen LogP) is 4.08. The fourth-order valence-corrected chi connectivity index (χ4v) is 3.42. The van der Waals surface area contributed by atoms with Gasteiger partial charge in [-0.1, -0.05) is 18.2 Å². The van der Waals surface area contributed by atoms with Crippen LogP contribution in [0.3, 0.4) is 0 Å². The molecule has 0 saturated carbocycles. The third-order valence-electron chi connectivity index (χ3n) is 4.71. The lowest BCUT2D eigenvalue weighted by Gasteiger charge is -2.06. The predicted molar refractivity (Wildman–Crippen MR) is 105 cm³/mol. The zero-order valence-corrected chi connectivity index (χ0v) is 15.0. The van der Waals surface area contributed by atoms with Crippen LogP contribution in [0.15, 0.2) is 67.0 Å². The SMILES string of the molecule is COc1ccc(-n2ncc3cnc4c(c(C)nn4-c4ccccc4)c32)cc1. The second-order valence-electron chi connectivity index (χ2n) is 6.35. The number of hydrogen-bond donors (Lipinski definition) is 0. The van der Waals surface area contributed by atoms with Gasteiger partial charge in [-0.3, -0.25) is 0 Å². The number of rotatable bonds is 3. The van der Waals surface area contributed by atoms with Crippen molar-refractivity contribution in [2.45, 2.75) is 6.92 Å². The van der Waals surface area contributed by atoms with E-state index in [0.717, 1.165) is 44.8 Å². The van der Waals surface area contributed by atoms with Crippen molar-refractivity contribution in [2.75, 3.05) is 7.11 Å². The highest BCUT2D eigenvalue weighted by atomic mass is 16.5. The van der Waals surface area contributed by atoms with Crippen LogP contribution >= 0.6 is 0 Å². The third-order valence-corrected chi connectivity index (χ3v) is 4.71. The highest BCUT2D eigenvalue weighted by molar-refractivity contribution is 6.04. The van der Waals surface area contributed by atoms with Gasteiger partial charge in [-0.15, -0.1) is 0 Å². The number of fused-ring (bicyclic) bond motifs is 3. The number of methoxy groups -OCH3 is 1. The van der Waals surface area contributed by atoms with E-state index in [1.807, 2.05) is 83.3 Å². The van der Waals surface area contributed by atoms with Gasteiger partial charge >= 0.3 is 0 Å². The number of benzene rings is 2. The molecule has 0 fully saturated rings. The van der Waals surface area contributed by atoms with E-state index in [1.54, 1.807) is 7.11 Å². The topological polar surface area (TPSA) is 57.8 Å². The fourth-order valence-electron chi connectivity index (χ4n) is 3.42. The first-order valence-electron chi connectivity index (χ1n) is 8.68. The van der Waals surface area contributed by atoms with E-state index in [-0.39, 0.29) is 0 Å². The molecule has 5 aromatic rings. The summed E-state index contributed by atoms with van der Waals surface area (Å²) in [6.45, 7) is 2.01. The molecular weight excluding hydrogens is 338 g/mol.